The highest BCUT2D eigenvalue weighted by Crippen LogP contribution is 2.03. The standard InChI is InChI=1S/C8H8N2.C4H10/c1-7-2-3-8-4-9-6-10(8)5-7;1-3-4-2/h2-6H,1H3;3-4H2,1-2H3. The third-order valence-corrected chi connectivity index (χ3v) is 2.06. The number of unbranched alkanes of at least 4 members (excludes halogenated alkanes) is 1. The van der Waals surface area contributed by atoms with Gasteiger partial charge in [0.1, 0.15) is 0 Å². The van der Waals surface area contributed by atoms with E-state index in [4.69, 9.17) is 0 Å². The van der Waals surface area contributed by atoms with Crippen LogP contribution in [0.25, 0.3) is 5.52 Å². The third kappa shape index (κ3) is 2.87. The van der Waals surface area contributed by atoms with Crippen LogP contribution in [0.15, 0.2) is 30.9 Å². The van der Waals surface area contributed by atoms with Crippen molar-refractivity contribution in [1.82, 2.24) is 9.38 Å². The summed E-state index contributed by atoms with van der Waals surface area (Å²) in [7, 11) is 0. The summed E-state index contributed by atoms with van der Waals surface area (Å²) in [5, 5.41) is 0. The molecule has 0 fully saturated rings. The van der Waals surface area contributed by atoms with Gasteiger partial charge >= 0.3 is 0 Å². The summed E-state index contributed by atoms with van der Waals surface area (Å²) in [6.45, 7) is 6.43. The highest BCUT2D eigenvalue weighted by molar-refractivity contribution is 5.44. The molecule has 0 amide bonds. The Kier molecular flexibility index (Phi) is 4.17. The Bertz CT molecular complexity index is 374. The van der Waals surface area contributed by atoms with Gasteiger partial charge in [-0.15, -0.1) is 0 Å². The first kappa shape index (κ1) is 10.8. The van der Waals surface area contributed by atoms with Gasteiger partial charge in [-0.2, -0.15) is 0 Å². The highest BCUT2D eigenvalue weighted by Gasteiger charge is 1.89. The molecule has 0 aliphatic heterocycles. The van der Waals surface area contributed by atoms with E-state index in [0.29, 0.717) is 0 Å². The average molecular weight is 190 g/mol. The molecule has 0 atom stereocenters. The van der Waals surface area contributed by atoms with Gasteiger partial charge in [0.15, 0.2) is 0 Å². The van der Waals surface area contributed by atoms with E-state index in [-0.39, 0.29) is 0 Å². The molecule has 2 aromatic rings. The zero-order valence-corrected chi connectivity index (χ0v) is 9.20. The molecule has 76 valence electrons. The monoisotopic (exact) mass is 190 g/mol. The molecule has 14 heavy (non-hydrogen) atoms. The molecule has 0 aromatic carbocycles. The van der Waals surface area contributed by atoms with Crippen LogP contribution in [-0.4, -0.2) is 9.38 Å². The van der Waals surface area contributed by atoms with Crippen molar-refractivity contribution < 1.29 is 0 Å². The van der Waals surface area contributed by atoms with Crippen molar-refractivity contribution in [3.05, 3.63) is 36.4 Å². The summed E-state index contributed by atoms with van der Waals surface area (Å²) in [6, 6.07) is 4.14. The molecule has 0 aliphatic carbocycles. The minimum atomic E-state index is 1.14. The van der Waals surface area contributed by atoms with Gasteiger partial charge in [0.05, 0.1) is 18.0 Å². The SMILES string of the molecule is CCCC.Cc1ccc2cncn2c1. The molecule has 2 rings (SSSR count). The first-order chi connectivity index (χ1) is 6.77. The molecule has 0 N–H and O–H groups in total. The molecule has 0 spiro atoms. The maximum Gasteiger partial charge on any atom is 0.0992 e. The van der Waals surface area contributed by atoms with Gasteiger partial charge in [-0.05, 0) is 18.6 Å². The van der Waals surface area contributed by atoms with Crippen molar-refractivity contribution in [2.75, 3.05) is 0 Å². The van der Waals surface area contributed by atoms with Crippen molar-refractivity contribution in [2.24, 2.45) is 0 Å². The number of aryl methyl sites for hydroxylation is 1. The van der Waals surface area contributed by atoms with E-state index in [1.54, 1.807) is 0 Å². The summed E-state index contributed by atoms with van der Waals surface area (Å²) in [5.74, 6) is 0. The van der Waals surface area contributed by atoms with Crippen LogP contribution in [0.4, 0.5) is 0 Å². The molecule has 2 nitrogen and oxygen atoms in total. The summed E-state index contributed by atoms with van der Waals surface area (Å²) in [6.07, 6.45) is 8.35. The molecule has 0 saturated heterocycles. The van der Waals surface area contributed by atoms with Crippen LogP contribution in [0.5, 0.6) is 0 Å². The van der Waals surface area contributed by atoms with Crippen molar-refractivity contribution >= 4 is 5.52 Å². The smallest absolute Gasteiger partial charge is 0.0992 e. The van der Waals surface area contributed by atoms with Crippen molar-refractivity contribution in [3.63, 3.8) is 0 Å². The number of hydrogen-bond acceptors (Lipinski definition) is 1. The lowest BCUT2D eigenvalue weighted by Crippen LogP contribution is -1.81. The van der Waals surface area contributed by atoms with Gasteiger partial charge in [-0.25, -0.2) is 4.98 Å². The second-order valence-electron chi connectivity index (χ2n) is 3.43. The van der Waals surface area contributed by atoms with Gasteiger partial charge in [-0.3, -0.25) is 0 Å². The first-order valence-electron chi connectivity index (χ1n) is 5.16. The van der Waals surface area contributed by atoms with Gasteiger partial charge < -0.3 is 4.40 Å². The molecule has 0 saturated carbocycles. The highest BCUT2D eigenvalue weighted by atomic mass is 15.0. The zero-order valence-electron chi connectivity index (χ0n) is 9.20. The van der Waals surface area contributed by atoms with Crippen LogP contribution in [0.3, 0.4) is 0 Å². The fourth-order valence-electron chi connectivity index (χ4n) is 1.03. The lowest BCUT2D eigenvalue weighted by molar-refractivity contribution is 0.886. The minimum absolute atomic E-state index is 1.14. The van der Waals surface area contributed by atoms with Crippen LogP contribution < -0.4 is 0 Å². The molecule has 2 heteroatoms. The fraction of sp³-hybridized carbons (Fsp3) is 0.417. The Hall–Kier alpha value is -1.31. The van der Waals surface area contributed by atoms with Crippen LogP contribution in [0, 0.1) is 6.92 Å². The van der Waals surface area contributed by atoms with E-state index in [0.717, 1.165) is 5.52 Å². The van der Waals surface area contributed by atoms with Gasteiger partial charge in [0.25, 0.3) is 0 Å². The number of aromatic nitrogens is 2. The van der Waals surface area contributed by atoms with E-state index in [2.05, 4.69) is 44.1 Å². The van der Waals surface area contributed by atoms with Gasteiger partial charge in [-0.1, -0.05) is 32.8 Å². The lowest BCUT2D eigenvalue weighted by Gasteiger charge is -1.93. The Balaban J connectivity index is 0.000000213. The van der Waals surface area contributed by atoms with Crippen molar-refractivity contribution in [1.29, 1.82) is 0 Å². The molecule has 0 unspecified atom stereocenters. The van der Waals surface area contributed by atoms with Crippen LogP contribution >= 0.6 is 0 Å². The van der Waals surface area contributed by atoms with Gasteiger partial charge in [0, 0.05) is 6.20 Å². The molecule has 0 aliphatic rings. The average Bonchev–Trinajstić information content (AvgIpc) is 2.65. The topological polar surface area (TPSA) is 17.3 Å². The lowest BCUT2D eigenvalue weighted by atomic mass is 10.3. The van der Waals surface area contributed by atoms with Crippen LogP contribution in [-0.2, 0) is 0 Å². The maximum atomic E-state index is 4.01. The summed E-state index contributed by atoms with van der Waals surface area (Å²) in [5.41, 5.74) is 2.40. The fourth-order valence-corrected chi connectivity index (χ4v) is 1.03. The van der Waals surface area contributed by atoms with Crippen LogP contribution in [0.2, 0.25) is 0 Å². The number of imidazole rings is 1. The van der Waals surface area contributed by atoms with E-state index in [9.17, 15) is 0 Å². The Labute approximate surface area is 85.6 Å². The maximum absolute atomic E-state index is 4.01. The Morgan fingerprint density at radius 1 is 1.21 bits per heavy atom. The summed E-state index contributed by atoms with van der Waals surface area (Å²) in [4.78, 5) is 4.01. The van der Waals surface area contributed by atoms with E-state index in [1.807, 2.05) is 16.9 Å². The van der Waals surface area contributed by atoms with E-state index >= 15 is 0 Å². The predicted molar refractivity (Wildman–Crippen MR) is 60.5 cm³/mol. The summed E-state index contributed by atoms with van der Waals surface area (Å²) < 4.78 is 2.01. The second kappa shape index (κ2) is 5.43. The van der Waals surface area contributed by atoms with Gasteiger partial charge in [0.2, 0.25) is 0 Å². The number of hydrogen-bond donors (Lipinski definition) is 0. The Morgan fingerprint density at radius 2 is 1.93 bits per heavy atom. The largest absolute Gasteiger partial charge is 0.306 e. The first-order valence-corrected chi connectivity index (χ1v) is 5.16. The molecular formula is C12H18N2. The number of rotatable bonds is 1. The van der Waals surface area contributed by atoms with E-state index in [1.165, 1.54) is 18.4 Å². The van der Waals surface area contributed by atoms with E-state index < -0.39 is 0 Å². The Morgan fingerprint density at radius 3 is 2.57 bits per heavy atom. The molecular weight excluding hydrogens is 172 g/mol. The zero-order chi connectivity index (χ0) is 10.4. The molecule has 2 aromatic heterocycles. The normalized spacial score (nSPS) is 9.64. The third-order valence-electron chi connectivity index (χ3n) is 2.06. The minimum Gasteiger partial charge on any atom is -0.306 e. The van der Waals surface area contributed by atoms with Crippen molar-refractivity contribution in [3.8, 4) is 0 Å². The molecule has 0 bridgehead atoms. The quantitative estimate of drug-likeness (QED) is 0.673. The second-order valence-corrected chi connectivity index (χ2v) is 3.43. The van der Waals surface area contributed by atoms with Crippen molar-refractivity contribution in [2.45, 2.75) is 33.6 Å². The molecule has 2 heterocycles. The predicted octanol–water partition coefficient (Wildman–Crippen LogP) is 3.45. The number of fused-ring (bicyclic) bond motifs is 1. The number of nitrogens with zero attached hydrogens (tertiary/aromatic N) is 2. The summed E-state index contributed by atoms with van der Waals surface area (Å²) >= 11 is 0. The number of pyridine rings is 1. The molecule has 0 radical (unpaired) electrons. The van der Waals surface area contributed by atoms with Crippen LogP contribution in [0.1, 0.15) is 32.3 Å².